The number of azo groups is 1. The third-order valence-electron chi connectivity index (χ3n) is 3.10. The van der Waals surface area contributed by atoms with Crippen LogP contribution in [0.2, 0.25) is 5.15 Å². The van der Waals surface area contributed by atoms with Crippen molar-refractivity contribution in [3.63, 3.8) is 0 Å². The minimum atomic E-state index is 0.0874. The van der Waals surface area contributed by atoms with Gasteiger partial charge in [-0.15, -0.1) is 20.4 Å². The zero-order chi connectivity index (χ0) is 14.8. The van der Waals surface area contributed by atoms with Crippen molar-refractivity contribution < 1.29 is 5.11 Å². The van der Waals surface area contributed by atoms with E-state index in [1.54, 1.807) is 16.7 Å². The molecule has 0 unspecified atom stereocenters. The summed E-state index contributed by atoms with van der Waals surface area (Å²) in [5, 5.41) is 27.0. The van der Waals surface area contributed by atoms with Gasteiger partial charge in [-0.2, -0.15) is 0 Å². The number of halogens is 1. The first-order chi connectivity index (χ1) is 10.2. The molecule has 3 aromatic rings. The van der Waals surface area contributed by atoms with Gasteiger partial charge in [0.05, 0.1) is 5.52 Å². The van der Waals surface area contributed by atoms with Gasteiger partial charge in [0, 0.05) is 11.9 Å². The van der Waals surface area contributed by atoms with Crippen LogP contribution in [0, 0.1) is 0 Å². The Morgan fingerprint density at radius 3 is 2.67 bits per heavy atom. The molecule has 3 rings (SSSR count). The standard InChI is InChI=1S/C14H12ClN5O/c1-2-20-10-6-4-3-5-9(10)13(14(20)21)19-18-12-8-7-11(15)16-17-12/h3-8,21H,2H2,1H3. The fraction of sp³-hybridized carbons (Fsp3) is 0.143. The Morgan fingerprint density at radius 2 is 1.95 bits per heavy atom. The first-order valence-corrected chi connectivity index (χ1v) is 6.79. The van der Waals surface area contributed by atoms with Crippen LogP contribution in [-0.4, -0.2) is 19.9 Å². The van der Waals surface area contributed by atoms with Crippen molar-refractivity contribution in [2.45, 2.75) is 13.5 Å². The Hall–Kier alpha value is -2.47. The number of aryl methyl sites for hydroxylation is 1. The molecule has 1 N–H and O–H groups in total. The lowest BCUT2D eigenvalue weighted by atomic mass is 10.2. The predicted molar refractivity (Wildman–Crippen MR) is 80.5 cm³/mol. The molecule has 2 heterocycles. The van der Waals surface area contributed by atoms with Gasteiger partial charge >= 0.3 is 0 Å². The van der Waals surface area contributed by atoms with Gasteiger partial charge < -0.3 is 9.67 Å². The Labute approximate surface area is 125 Å². The van der Waals surface area contributed by atoms with E-state index in [-0.39, 0.29) is 5.88 Å². The van der Waals surface area contributed by atoms with Crippen LogP contribution >= 0.6 is 11.6 Å². The van der Waals surface area contributed by atoms with Crippen LogP contribution in [0.4, 0.5) is 11.5 Å². The molecular formula is C14H12ClN5O. The topological polar surface area (TPSA) is 75.7 Å². The van der Waals surface area contributed by atoms with E-state index in [1.165, 1.54) is 0 Å². The molecule has 1 aromatic carbocycles. The van der Waals surface area contributed by atoms with Crippen molar-refractivity contribution in [2.24, 2.45) is 10.2 Å². The predicted octanol–water partition coefficient (Wildman–Crippen LogP) is 4.23. The second-order valence-electron chi connectivity index (χ2n) is 4.35. The summed E-state index contributed by atoms with van der Waals surface area (Å²) in [4.78, 5) is 0. The molecule has 0 amide bonds. The molecule has 0 aliphatic rings. The molecule has 6 nitrogen and oxygen atoms in total. The average molecular weight is 302 g/mol. The second kappa shape index (κ2) is 5.49. The van der Waals surface area contributed by atoms with E-state index in [9.17, 15) is 5.11 Å². The highest BCUT2D eigenvalue weighted by Crippen LogP contribution is 2.39. The Morgan fingerprint density at radius 1 is 1.14 bits per heavy atom. The van der Waals surface area contributed by atoms with Crippen molar-refractivity contribution in [2.75, 3.05) is 0 Å². The molecule has 0 atom stereocenters. The molecular weight excluding hydrogens is 290 g/mol. The van der Waals surface area contributed by atoms with E-state index in [0.29, 0.717) is 23.2 Å². The van der Waals surface area contributed by atoms with E-state index < -0.39 is 0 Å². The van der Waals surface area contributed by atoms with Crippen LogP contribution in [0.15, 0.2) is 46.6 Å². The summed E-state index contributed by atoms with van der Waals surface area (Å²) < 4.78 is 1.78. The highest BCUT2D eigenvalue weighted by atomic mass is 35.5. The van der Waals surface area contributed by atoms with Gasteiger partial charge in [-0.25, -0.2) is 0 Å². The molecule has 0 saturated heterocycles. The summed E-state index contributed by atoms with van der Waals surface area (Å²) in [6.45, 7) is 2.60. The summed E-state index contributed by atoms with van der Waals surface area (Å²) >= 11 is 5.67. The van der Waals surface area contributed by atoms with Crippen LogP contribution in [0.1, 0.15) is 6.92 Å². The maximum Gasteiger partial charge on any atom is 0.220 e. The molecule has 0 saturated carbocycles. The summed E-state index contributed by atoms with van der Waals surface area (Å²) in [5.41, 5.74) is 1.33. The third-order valence-corrected chi connectivity index (χ3v) is 3.31. The SMILES string of the molecule is CCn1c(O)c(N=Nc2ccc(Cl)nn2)c2ccccc21. The fourth-order valence-electron chi connectivity index (χ4n) is 2.15. The Balaban J connectivity index is 2.08. The first kappa shape index (κ1) is 13.5. The largest absolute Gasteiger partial charge is 0.493 e. The molecule has 21 heavy (non-hydrogen) atoms. The van der Waals surface area contributed by atoms with E-state index in [1.807, 2.05) is 31.2 Å². The molecule has 0 aliphatic heterocycles. The molecule has 0 bridgehead atoms. The molecule has 0 radical (unpaired) electrons. The lowest BCUT2D eigenvalue weighted by molar-refractivity contribution is 0.427. The van der Waals surface area contributed by atoms with Gasteiger partial charge in [0.15, 0.2) is 16.7 Å². The summed E-state index contributed by atoms with van der Waals surface area (Å²) in [6.07, 6.45) is 0. The van der Waals surface area contributed by atoms with Crippen LogP contribution < -0.4 is 0 Å². The van der Waals surface area contributed by atoms with Gasteiger partial charge in [-0.3, -0.25) is 0 Å². The number of aromatic nitrogens is 3. The number of benzene rings is 1. The lowest BCUT2D eigenvalue weighted by Gasteiger charge is -2.00. The summed E-state index contributed by atoms with van der Waals surface area (Å²) in [7, 11) is 0. The third kappa shape index (κ3) is 2.45. The highest BCUT2D eigenvalue weighted by Gasteiger charge is 2.14. The molecule has 0 aliphatic carbocycles. The molecule has 106 valence electrons. The Kier molecular flexibility index (Phi) is 3.53. The minimum Gasteiger partial charge on any atom is -0.493 e. The van der Waals surface area contributed by atoms with Crippen LogP contribution in [0.25, 0.3) is 10.9 Å². The quantitative estimate of drug-likeness (QED) is 0.736. The number of nitrogens with zero attached hydrogens (tertiary/aromatic N) is 5. The van der Waals surface area contributed by atoms with E-state index in [0.717, 1.165) is 10.9 Å². The van der Waals surface area contributed by atoms with Gasteiger partial charge in [-0.05, 0) is 25.1 Å². The normalized spacial score (nSPS) is 11.5. The van der Waals surface area contributed by atoms with Gasteiger partial charge in [-0.1, -0.05) is 29.8 Å². The summed E-state index contributed by atoms with van der Waals surface area (Å²) in [5.74, 6) is 0.413. The van der Waals surface area contributed by atoms with Crippen molar-refractivity contribution in [3.05, 3.63) is 41.6 Å². The van der Waals surface area contributed by atoms with E-state index in [2.05, 4.69) is 20.4 Å². The molecule has 0 fully saturated rings. The minimum absolute atomic E-state index is 0.0874. The number of hydrogen-bond donors (Lipinski definition) is 1. The second-order valence-corrected chi connectivity index (χ2v) is 4.74. The van der Waals surface area contributed by atoms with Crippen molar-refractivity contribution in [1.82, 2.24) is 14.8 Å². The summed E-state index contributed by atoms with van der Waals surface area (Å²) in [6, 6.07) is 10.8. The van der Waals surface area contributed by atoms with Crippen molar-refractivity contribution >= 4 is 34.0 Å². The van der Waals surface area contributed by atoms with Gasteiger partial charge in [0.25, 0.3) is 0 Å². The van der Waals surface area contributed by atoms with E-state index >= 15 is 0 Å². The van der Waals surface area contributed by atoms with E-state index in [4.69, 9.17) is 11.6 Å². The number of para-hydroxylation sites is 1. The fourth-order valence-corrected chi connectivity index (χ4v) is 2.25. The van der Waals surface area contributed by atoms with Crippen LogP contribution in [0.5, 0.6) is 5.88 Å². The van der Waals surface area contributed by atoms with Crippen molar-refractivity contribution in [1.29, 1.82) is 0 Å². The molecule has 2 aromatic heterocycles. The maximum absolute atomic E-state index is 10.3. The molecule has 7 heteroatoms. The average Bonchev–Trinajstić information content (AvgIpc) is 2.78. The molecule has 0 spiro atoms. The van der Waals surface area contributed by atoms with Gasteiger partial charge in [0.1, 0.15) is 0 Å². The number of fused-ring (bicyclic) bond motifs is 1. The maximum atomic E-state index is 10.3. The first-order valence-electron chi connectivity index (χ1n) is 6.42. The lowest BCUT2D eigenvalue weighted by Crippen LogP contribution is -1.91. The van der Waals surface area contributed by atoms with Crippen LogP contribution in [0.3, 0.4) is 0 Å². The Bertz CT molecular complexity index is 810. The van der Waals surface area contributed by atoms with Crippen LogP contribution in [-0.2, 0) is 6.54 Å². The zero-order valence-electron chi connectivity index (χ0n) is 11.2. The number of aromatic hydroxyl groups is 1. The smallest absolute Gasteiger partial charge is 0.220 e. The highest BCUT2D eigenvalue weighted by molar-refractivity contribution is 6.29. The van der Waals surface area contributed by atoms with Crippen molar-refractivity contribution in [3.8, 4) is 5.88 Å². The van der Waals surface area contributed by atoms with Gasteiger partial charge in [0.2, 0.25) is 5.88 Å². The number of hydrogen-bond acceptors (Lipinski definition) is 5. The zero-order valence-corrected chi connectivity index (χ0v) is 12.0. The monoisotopic (exact) mass is 301 g/mol. The number of rotatable bonds is 3.